The third-order valence-corrected chi connectivity index (χ3v) is 1.88. The van der Waals surface area contributed by atoms with Gasteiger partial charge in [0.05, 0.1) is 6.42 Å². The first-order valence-electron chi connectivity index (χ1n) is 3.55. The number of hydrogen-bond donors (Lipinski definition) is 3. The van der Waals surface area contributed by atoms with Crippen LogP contribution in [0.15, 0.2) is 0 Å². The minimum atomic E-state index is -2.20. The first-order valence-corrected chi connectivity index (χ1v) is 3.55. The van der Waals surface area contributed by atoms with Crippen molar-refractivity contribution in [2.24, 2.45) is 5.41 Å². The van der Waals surface area contributed by atoms with E-state index in [1.807, 2.05) is 0 Å². The van der Waals surface area contributed by atoms with Gasteiger partial charge in [-0.15, -0.1) is 0 Å². The predicted molar refractivity (Wildman–Crippen MR) is 68.8 cm³/mol. The van der Waals surface area contributed by atoms with Gasteiger partial charge in [-0.05, 0) is 6.42 Å². The molecule has 17 heavy (non-hydrogen) atoms. The number of hydrogen-bond acceptors (Lipinski definition) is 3. The van der Waals surface area contributed by atoms with Crippen molar-refractivity contribution < 1.29 is 29.7 Å². The third-order valence-electron chi connectivity index (χ3n) is 1.88. The zero-order valence-electron chi connectivity index (χ0n) is 6.98. The van der Waals surface area contributed by atoms with E-state index >= 15 is 0 Å². The molecule has 0 aliphatic heterocycles. The molecule has 0 aromatic rings. The summed E-state index contributed by atoms with van der Waals surface area (Å²) in [5.41, 5.74) is -2.20. The molecule has 0 aliphatic rings. The van der Waals surface area contributed by atoms with Crippen LogP contribution in [0.1, 0.15) is 19.8 Å². The van der Waals surface area contributed by atoms with E-state index in [-0.39, 0.29) is 125 Å². The van der Waals surface area contributed by atoms with Gasteiger partial charge in [-0.3, -0.25) is 14.4 Å². The van der Waals surface area contributed by atoms with Crippen LogP contribution in [0.5, 0.6) is 0 Å². The number of rotatable bonds is 5. The van der Waals surface area contributed by atoms with Gasteiger partial charge in [0.15, 0.2) is 5.41 Å². The molecule has 0 radical (unpaired) electrons. The van der Waals surface area contributed by atoms with Gasteiger partial charge in [0.2, 0.25) is 0 Å². The maximum absolute atomic E-state index is 10.6. The van der Waals surface area contributed by atoms with Gasteiger partial charge in [0.1, 0.15) is 0 Å². The van der Waals surface area contributed by atoms with E-state index in [4.69, 9.17) is 15.3 Å². The molecule has 0 saturated carbocycles. The Kier molecular flexibility index (Phi) is 27.6. The van der Waals surface area contributed by atoms with Gasteiger partial charge in [0, 0.05) is 0 Å². The summed E-state index contributed by atoms with van der Waals surface area (Å²) in [4.78, 5) is 31.4. The number of carboxylic acid groups (broad SMARTS) is 3. The molecule has 0 fully saturated rings. The van der Waals surface area contributed by atoms with E-state index in [1.54, 1.807) is 0 Å². The number of carboxylic acids is 3. The van der Waals surface area contributed by atoms with Gasteiger partial charge >= 0.3 is 136 Å². The average molecular weight is 286 g/mol. The van der Waals surface area contributed by atoms with Crippen LogP contribution in [0.2, 0.25) is 0 Å². The molecule has 0 rings (SSSR count). The average Bonchev–Trinajstić information content (AvgIpc) is 1.98. The number of carbonyl (C=O) groups is 3. The van der Waals surface area contributed by atoms with Gasteiger partial charge < -0.3 is 15.3 Å². The second kappa shape index (κ2) is 14.8. The molecular weight excluding hydrogens is 272 g/mol. The van der Waals surface area contributed by atoms with E-state index in [2.05, 4.69) is 0 Å². The monoisotopic (exact) mass is 286 g/mol. The van der Waals surface area contributed by atoms with Crippen molar-refractivity contribution in [1.29, 1.82) is 0 Å². The molecular formula is C7H14Na4O6. The SMILES string of the molecule is CCC(CC(=O)O)(C(=O)O)C(=O)O.[NaH].[NaH].[NaH].[NaH]. The molecule has 0 aliphatic carbocycles. The summed E-state index contributed by atoms with van der Waals surface area (Å²) in [6.07, 6.45) is -1.17. The zero-order chi connectivity index (χ0) is 10.6. The Labute approximate surface area is 187 Å². The van der Waals surface area contributed by atoms with Crippen LogP contribution in [-0.2, 0) is 14.4 Å². The topological polar surface area (TPSA) is 112 Å². The van der Waals surface area contributed by atoms with Crippen LogP contribution in [0.3, 0.4) is 0 Å². The Bertz CT molecular complexity index is 243. The van der Waals surface area contributed by atoms with Gasteiger partial charge in [-0.1, -0.05) is 6.92 Å². The van der Waals surface area contributed by atoms with Crippen molar-refractivity contribution in [3.8, 4) is 0 Å². The van der Waals surface area contributed by atoms with Crippen molar-refractivity contribution >= 4 is 136 Å². The Hall–Kier alpha value is 2.41. The Morgan fingerprint density at radius 3 is 1.24 bits per heavy atom. The first kappa shape index (κ1) is 31.7. The molecule has 82 valence electrons. The van der Waals surface area contributed by atoms with Crippen LogP contribution >= 0.6 is 0 Å². The first-order chi connectivity index (χ1) is 5.86. The van der Waals surface area contributed by atoms with E-state index in [9.17, 15) is 14.4 Å². The van der Waals surface area contributed by atoms with Crippen LogP contribution in [0.25, 0.3) is 0 Å². The van der Waals surface area contributed by atoms with Crippen LogP contribution < -0.4 is 0 Å². The molecule has 0 atom stereocenters. The van der Waals surface area contributed by atoms with Gasteiger partial charge in [-0.2, -0.15) is 0 Å². The van der Waals surface area contributed by atoms with Crippen molar-refractivity contribution in [2.75, 3.05) is 0 Å². The summed E-state index contributed by atoms with van der Waals surface area (Å²) in [7, 11) is 0. The Balaban J connectivity index is -0.000000120. The van der Waals surface area contributed by atoms with E-state index in [0.717, 1.165) is 0 Å². The fraction of sp³-hybridized carbons (Fsp3) is 0.571. The summed E-state index contributed by atoms with van der Waals surface area (Å²) in [5, 5.41) is 25.5. The molecule has 0 spiro atoms. The molecule has 10 heteroatoms. The van der Waals surface area contributed by atoms with Crippen molar-refractivity contribution in [1.82, 2.24) is 0 Å². The third kappa shape index (κ3) is 9.87. The standard InChI is InChI=1S/C7H10O6.4Na.4H/c1-2-7(5(10)11,6(12)13)3-4(8)9;;;;;;;;/h2-3H2,1H3,(H,8,9)(H,10,11)(H,12,13);;;;;;;;. The van der Waals surface area contributed by atoms with Crippen LogP contribution in [-0.4, -0.2) is 151 Å². The molecule has 0 aromatic carbocycles. The van der Waals surface area contributed by atoms with Gasteiger partial charge in [0.25, 0.3) is 0 Å². The minimum absolute atomic E-state index is 0. The summed E-state index contributed by atoms with van der Waals surface area (Å²) >= 11 is 0. The molecule has 0 aromatic heterocycles. The molecule has 6 nitrogen and oxygen atoms in total. The maximum atomic E-state index is 10.6. The van der Waals surface area contributed by atoms with E-state index in [1.165, 1.54) is 6.92 Å². The van der Waals surface area contributed by atoms with Crippen LogP contribution in [0, 0.1) is 5.41 Å². The van der Waals surface area contributed by atoms with Crippen molar-refractivity contribution in [2.45, 2.75) is 19.8 Å². The molecule has 0 heterocycles. The molecule has 0 bridgehead atoms. The van der Waals surface area contributed by atoms with Crippen LogP contribution in [0.4, 0.5) is 0 Å². The van der Waals surface area contributed by atoms with Gasteiger partial charge in [-0.25, -0.2) is 0 Å². The second-order valence-electron chi connectivity index (χ2n) is 2.62. The summed E-state index contributed by atoms with van der Waals surface area (Å²) in [5.74, 6) is -4.68. The van der Waals surface area contributed by atoms with E-state index < -0.39 is 29.7 Å². The van der Waals surface area contributed by atoms with Crippen molar-refractivity contribution in [3.05, 3.63) is 0 Å². The molecule has 3 N–H and O–H groups in total. The Morgan fingerprint density at radius 2 is 1.18 bits per heavy atom. The molecule has 0 amide bonds. The predicted octanol–water partition coefficient (Wildman–Crippen LogP) is -2.57. The zero-order valence-corrected chi connectivity index (χ0v) is 6.98. The molecule has 0 unspecified atom stereocenters. The number of aliphatic carboxylic acids is 3. The van der Waals surface area contributed by atoms with E-state index in [0.29, 0.717) is 0 Å². The normalized spacial score (nSPS) is 8.29. The van der Waals surface area contributed by atoms with Crippen molar-refractivity contribution in [3.63, 3.8) is 0 Å². The molecule has 0 saturated heterocycles. The Morgan fingerprint density at radius 1 is 0.882 bits per heavy atom. The second-order valence-corrected chi connectivity index (χ2v) is 2.62. The summed E-state index contributed by atoms with van der Waals surface area (Å²) < 4.78 is 0. The fourth-order valence-corrected chi connectivity index (χ4v) is 0.928. The summed E-state index contributed by atoms with van der Waals surface area (Å²) in [6, 6.07) is 0. The fourth-order valence-electron chi connectivity index (χ4n) is 0.928. The quantitative estimate of drug-likeness (QED) is 0.378. The summed E-state index contributed by atoms with van der Waals surface area (Å²) in [6.45, 7) is 1.32.